The first-order chi connectivity index (χ1) is 20.1. The molecule has 0 spiro atoms. The molecule has 0 unspecified atom stereocenters. The number of thiophene rings is 1. The first-order valence-electron chi connectivity index (χ1n) is 14.5. The lowest BCUT2D eigenvalue weighted by molar-refractivity contribution is -0.124. The normalized spacial score (nSPS) is 12.5. The van der Waals surface area contributed by atoms with Crippen LogP contribution in [0.5, 0.6) is 0 Å². The molecule has 1 aromatic carbocycles. The van der Waals surface area contributed by atoms with Crippen molar-refractivity contribution in [3.8, 4) is 0 Å². The van der Waals surface area contributed by atoms with E-state index in [0.717, 1.165) is 21.1 Å². The SMILES string of the molecule is CC(C)c1nc(CN(C)C(=O)N[C@H](C(=O)N[C@H](CCCNC(=O)NCc2cccs2)Cc2ccccc2)C(C)C)cs1. The fourth-order valence-corrected chi connectivity index (χ4v) is 5.83. The zero-order valence-corrected chi connectivity index (χ0v) is 26.8. The molecule has 2 heterocycles. The van der Waals surface area contributed by atoms with E-state index in [1.165, 1.54) is 0 Å². The van der Waals surface area contributed by atoms with E-state index in [4.69, 9.17) is 0 Å². The van der Waals surface area contributed by atoms with Gasteiger partial charge in [-0.15, -0.1) is 22.7 Å². The number of benzene rings is 1. The number of aromatic nitrogens is 1. The fourth-order valence-electron chi connectivity index (χ4n) is 4.36. The molecule has 0 saturated carbocycles. The fraction of sp³-hybridized carbons (Fsp3) is 0.484. The van der Waals surface area contributed by atoms with Gasteiger partial charge in [0, 0.05) is 35.8 Å². The largest absolute Gasteiger partial charge is 0.351 e. The molecule has 9 nitrogen and oxygen atoms in total. The minimum Gasteiger partial charge on any atom is -0.351 e. The third kappa shape index (κ3) is 11.1. The number of carbonyl (C=O) groups excluding carboxylic acids is 3. The third-order valence-corrected chi connectivity index (χ3v) is 8.80. The van der Waals surface area contributed by atoms with Crippen molar-refractivity contribution in [3.63, 3.8) is 0 Å². The van der Waals surface area contributed by atoms with E-state index in [1.54, 1.807) is 34.6 Å². The first-order valence-corrected chi connectivity index (χ1v) is 16.2. The van der Waals surface area contributed by atoms with Crippen LogP contribution < -0.4 is 21.3 Å². The van der Waals surface area contributed by atoms with Crippen molar-refractivity contribution in [2.45, 2.75) is 78.0 Å². The molecule has 0 saturated heterocycles. The average molecular weight is 613 g/mol. The predicted octanol–water partition coefficient (Wildman–Crippen LogP) is 5.50. The first kappa shape index (κ1) is 33.1. The summed E-state index contributed by atoms with van der Waals surface area (Å²) in [4.78, 5) is 46.0. The van der Waals surface area contributed by atoms with Gasteiger partial charge < -0.3 is 26.2 Å². The van der Waals surface area contributed by atoms with Crippen molar-refractivity contribution in [3.05, 3.63) is 74.4 Å². The summed E-state index contributed by atoms with van der Waals surface area (Å²) < 4.78 is 0. The maximum absolute atomic E-state index is 13.5. The lowest BCUT2D eigenvalue weighted by Gasteiger charge is -2.27. The highest BCUT2D eigenvalue weighted by molar-refractivity contribution is 7.10. The van der Waals surface area contributed by atoms with E-state index in [-0.39, 0.29) is 29.9 Å². The van der Waals surface area contributed by atoms with Crippen LogP contribution in [-0.4, -0.2) is 53.5 Å². The number of hydrogen-bond acceptors (Lipinski definition) is 6. The second kappa shape index (κ2) is 16.9. The van der Waals surface area contributed by atoms with Crippen LogP contribution in [0.25, 0.3) is 0 Å². The molecule has 4 N–H and O–H groups in total. The van der Waals surface area contributed by atoms with Gasteiger partial charge in [-0.05, 0) is 42.2 Å². The minimum absolute atomic E-state index is 0.111. The van der Waals surface area contributed by atoms with Gasteiger partial charge in [0.1, 0.15) is 6.04 Å². The summed E-state index contributed by atoms with van der Waals surface area (Å²) in [6, 6.07) is 12.6. The Morgan fingerprint density at radius 3 is 2.36 bits per heavy atom. The molecule has 2 aromatic heterocycles. The van der Waals surface area contributed by atoms with Gasteiger partial charge in [0.15, 0.2) is 0 Å². The Morgan fingerprint density at radius 1 is 0.952 bits per heavy atom. The molecule has 42 heavy (non-hydrogen) atoms. The number of hydrogen-bond donors (Lipinski definition) is 4. The van der Waals surface area contributed by atoms with Gasteiger partial charge in [-0.25, -0.2) is 14.6 Å². The number of nitrogens with zero attached hydrogens (tertiary/aromatic N) is 2. The molecule has 2 atom stereocenters. The molecule has 0 bridgehead atoms. The lowest BCUT2D eigenvalue weighted by Crippen LogP contribution is -2.54. The molecular weight excluding hydrogens is 569 g/mol. The number of urea groups is 2. The summed E-state index contributed by atoms with van der Waals surface area (Å²) in [5.41, 5.74) is 1.95. The molecule has 228 valence electrons. The van der Waals surface area contributed by atoms with Crippen LogP contribution in [0.15, 0.2) is 53.2 Å². The van der Waals surface area contributed by atoms with E-state index in [2.05, 4.69) is 40.1 Å². The molecule has 11 heteroatoms. The monoisotopic (exact) mass is 612 g/mol. The second-order valence-corrected chi connectivity index (χ2v) is 13.0. The van der Waals surface area contributed by atoms with Gasteiger partial charge in [0.05, 0.1) is 23.8 Å². The van der Waals surface area contributed by atoms with Crippen LogP contribution in [0.1, 0.15) is 67.6 Å². The second-order valence-electron chi connectivity index (χ2n) is 11.1. The number of nitrogens with one attached hydrogen (secondary N) is 4. The summed E-state index contributed by atoms with van der Waals surface area (Å²) in [5.74, 6) is 0.00964. The molecule has 5 amide bonds. The van der Waals surface area contributed by atoms with Gasteiger partial charge in [0.25, 0.3) is 0 Å². The topological polar surface area (TPSA) is 115 Å². The van der Waals surface area contributed by atoms with Crippen LogP contribution in [0.2, 0.25) is 0 Å². The van der Waals surface area contributed by atoms with Gasteiger partial charge in [-0.1, -0.05) is 64.1 Å². The zero-order valence-electron chi connectivity index (χ0n) is 25.2. The molecule has 0 aliphatic heterocycles. The van der Waals surface area contributed by atoms with Crippen LogP contribution in [-0.2, 0) is 24.3 Å². The molecule has 3 rings (SSSR count). The molecule has 0 aliphatic rings. The van der Waals surface area contributed by atoms with Gasteiger partial charge in [-0.2, -0.15) is 0 Å². The summed E-state index contributed by atoms with van der Waals surface area (Å²) in [6.07, 6.45) is 2.02. The van der Waals surface area contributed by atoms with Crippen LogP contribution in [0.4, 0.5) is 9.59 Å². The average Bonchev–Trinajstić information content (AvgIpc) is 3.65. The number of carbonyl (C=O) groups is 3. The molecule has 3 aromatic rings. The van der Waals surface area contributed by atoms with E-state index >= 15 is 0 Å². The Labute approximate surface area is 257 Å². The number of rotatable bonds is 15. The van der Waals surface area contributed by atoms with Crippen molar-refractivity contribution in [1.82, 2.24) is 31.2 Å². The maximum Gasteiger partial charge on any atom is 0.318 e. The molecule has 0 fully saturated rings. The highest BCUT2D eigenvalue weighted by atomic mass is 32.1. The number of amides is 5. The summed E-state index contributed by atoms with van der Waals surface area (Å²) in [6.45, 7) is 9.38. The standard InChI is InChI=1S/C31H44N6O3S2/c1-21(2)27(36-31(40)37(5)19-25-20-42-29(35-25)22(3)4)28(38)34-24(17-23-11-7-6-8-12-23)13-9-15-32-30(39)33-18-26-14-10-16-41-26/h6-8,10-12,14,16,20-22,24,27H,9,13,15,17-19H2,1-5H3,(H,34,38)(H,36,40)(H2,32,33,39)/t24-,27+/m1/s1. The van der Waals surface area contributed by atoms with E-state index in [9.17, 15) is 14.4 Å². The molecule has 0 aliphatic carbocycles. The van der Waals surface area contributed by atoms with Crippen molar-refractivity contribution in [2.75, 3.05) is 13.6 Å². The van der Waals surface area contributed by atoms with Crippen molar-refractivity contribution < 1.29 is 14.4 Å². The zero-order chi connectivity index (χ0) is 30.5. The third-order valence-electron chi connectivity index (χ3n) is 6.73. The Morgan fingerprint density at radius 2 is 1.71 bits per heavy atom. The van der Waals surface area contributed by atoms with Crippen molar-refractivity contribution in [2.24, 2.45) is 5.92 Å². The maximum atomic E-state index is 13.5. The van der Waals surface area contributed by atoms with Crippen LogP contribution in [0.3, 0.4) is 0 Å². The quantitative estimate of drug-likeness (QED) is 0.170. The lowest BCUT2D eigenvalue weighted by atomic mass is 9.99. The predicted molar refractivity (Wildman–Crippen MR) is 171 cm³/mol. The van der Waals surface area contributed by atoms with E-state index in [1.807, 2.05) is 67.1 Å². The molecular formula is C31H44N6O3S2. The van der Waals surface area contributed by atoms with E-state index in [0.29, 0.717) is 44.8 Å². The van der Waals surface area contributed by atoms with Gasteiger partial charge in [0.2, 0.25) is 5.91 Å². The van der Waals surface area contributed by atoms with Gasteiger partial charge >= 0.3 is 12.1 Å². The summed E-state index contributed by atoms with van der Waals surface area (Å²) in [5, 5.41) is 16.9. The van der Waals surface area contributed by atoms with Gasteiger partial charge in [-0.3, -0.25) is 4.79 Å². The summed E-state index contributed by atoms with van der Waals surface area (Å²) in [7, 11) is 1.71. The van der Waals surface area contributed by atoms with E-state index < -0.39 is 6.04 Å². The molecule has 0 radical (unpaired) electrons. The minimum atomic E-state index is -0.693. The van der Waals surface area contributed by atoms with Crippen LogP contribution in [0, 0.1) is 5.92 Å². The Balaban J connectivity index is 1.54. The Hall–Kier alpha value is -3.44. The van der Waals surface area contributed by atoms with Crippen molar-refractivity contribution in [1.29, 1.82) is 0 Å². The highest BCUT2D eigenvalue weighted by Gasteiger charge is 2.27. The van der Waals surface area contributed by atoms with Crippen molar-refractivity contribution >= 4 is 40.6 Å². The Kier molecular flexibility index (Phi) is 13.3. The van der Waals surface area contributed by atoms with Crippen LogP contribution >= 0.6 is 22.7 Å². The number of thiazole rings is 1. The Bertz CT molecular complexity index is 1250. The smallest absolute Gasteiger partial charge is 0.318 e. The summed E-state index contributed by atoms with van der Waals surface area (Å²) >= 11 is 3.19. The highest BCUT2D eigenvalue weighted by Crippen LogP contribution is 2.20.